The van der Waals surface area contributed by atoms with Gasteiger partial charge in [0.1, 0.15) is 0 Å². The summed E-state index contributed by atoms with van der Waals surface area (Å²) in [6.07, 6.45) is 5.29. The van der Waals surface area contributed by atoms with Gasteiger partial charge in [-0.3, -0.25) is 0 Å². The summed E-state index contributed by atoms with van der Waals surface area (Å²) in [6, 6.07) is 0. The van der Waals surface area contributed by atoms with Gasteiger partial charge in [-0.2, -0.15) is 0 Å². The van der Waals surface area contributed by atoms with E-state index in [1.807, 2.05) is 6.08 Å². The molecule has 0 saturated carbocycles. The predicted molar refractivity (Wildman–Crippen MR) is 77.8 cm³/mol. The summed E-state index contributed by atoms with van der Waals surface area (Å²) in [7, 11) is -1.64. The Balaban J connectivity index is 3.79. The fourth-order valence-electron chi connectivity index (χ4n) is 1.31. The zero-order valence-electron chi connectivity index (χ0n) is 12.3. The van der Waals surface area contributed by atoms with Crippen molar-refractivity contribution >= 4 is 8.32 Å². The molecule has 1 atom stereocenters. The molecule has 2 nitrogen and oxygen atoms in total. The first-order valence-corrected chi connectivity index (χ1v) is 9.54. The molecule has 0 rings (SSSR count). The normalized spacial score (nSPS) is 14.7. The van der Waals surface area contributed by atoms with Gasteiger partial charge in [0, 0.05) is 6.61 Å². The zero-order valence-corrected chi connectivity index (χ0v) is 13.3. The predicted octanol–water partition coefficient (Wildman–Crippen LogP) is 4.12. The summed E-state index contributed by atoms with van der Waals surface area (Å²) in [4.78, 5) is 0. The quantitative estimate of drug-likeness (QED) is 0.403. The third-order valence-corrected chi connectivity index (χ3v) is 8.20. The van der Waals surface area contributed by atoms with Gasteiger partial charge in [-0.15, -0.1) is 6.58 Å². The van der Waals surface area contributed by atoms with Crippen molar-refractivity contribution in [1.29, 1.82) is 0 Å². The van der Waals surface area contributed by atoms with Crippen molar-refractivity contribution in [3.05, 3.63) is 12.7 Å². The van der Waals surface area contributed by atoms with Gasteiger partial charge in [0.15, 0.2) is 8.32 Å². The van der Waals surface area contributed by atoms with Gasteiger partial charge in [-0.05, 0) is 43.8 Å². The Bertz CT molecular complexity index is 219. The fraction of sp³-hybridized carbons (Fsp3) is 0.857. The first kappa shape index (κ1) is 16.9. The van der Waals surface area contributed by atoms with Crippen LogP contribution >= 0.6 is 0 Å². The molecule has 0 bridgehead atoms. The maximum Gasteiger partial charge on any atom is 0.191 e. The Labute approximate surface area is 108 Å². The van der Waals surface area contributed by atoms with E-state index in [2.05, 4.69) is 40.4 Å². The second-order valence-electron chi connectivity index (χ2n) is 6.27. The van der Waals surface area contributed by atoms with E-state index in [1.165, 1.54) is 0 Å². The Morgan fingerprint density at radius 3 is 2.35 bits per heavy atom. The van der Waals surface area contributed by atoms with Crippen molar-refractivity contribution in [3.8, 4) is 0 Å². The Hall–Kier alpha value is -0.123. The standard InChI is InChI=1S/C14H30O2Si/c1-7-8-9-10-13(15)11-12-16-17(5,6)14(2,3)4/h7,13,15H,1,8-12H2,2-6H3/t13-/m1/s1. The zero-order chi connectivity index (χ0) is 13.5. The summed E-state index contributed by atoms with van der Waals surface area (Å²) < 4.78 is 6.03. The highest BCUT2D eigenvalue weighted by atomic mass is 28.4. The van der Waals surface area contributed by atoms with Gasteiger partial charge in [0.05, 0.1) is 6.10 Å². The Morgan fingerprint density at radius 2 is 1.88 bits per heavy atom. The van der Waals surface area contributed by atoms with Crippen molar-refractivity contribution in [3.63, 3.8) is 0 Å². The number of aliphatic hydroxyl groups excluding tert-OH is 1. The van der Waals surface area contributed by atoms with Crippen LogP contribution in [0.15, 0.2) is 12.7 Å². The lowest BCUT2D eigenvalue weighted by Crippen LogP contribution is -2.41. The maximum atomic E-state index is 9.78. The van der Waals surface area contributed by atoms with E-state index in [9.17, 15) is 5.11 Å². The van der Waals surface area contributed by atoms with Crippen LogP contribution in [0.5, 0.6) is 0 Å². The molecule has 102 valence electrons. The number of rotatable bonds is 8. The van der Waals surface area contributed by atoms with Crippen molar-refractivity contribution in [2.24, 2.45) is 0 Å². The second kappa shape index (κ2) is 7.34. The van der Waals surface area contributed by atoms with Crippen LogP contribution in [0.1, 0.15) is 46.5 Å². The van der Waals surface area contributed by atoms with E-state index in [0.717, 1.165) is 25.7 Å². The molecule has 0 aliphatic carbocycles. The molecule has 0 aliphatic heterocycles. The van der Waals surface area contributed by atoms with Crippen LogP contribution in [0.4, 0.5) is 0 Å². The molecule has 3 heteroatoms. The topological polar surface area (TPSA) is 29.5 Å². The van der Waals surface area contributed by atoms with Crippen molar-refractivity contribution in [2.45, 2.75) is 70.7 Å². The lowest BCUT2D eigenvalue weighted by molar-refractivity contribution is 0.125. The number of unbranched alkanes of at least 4 members (excludes halogenated alkanes) is 1. The summed E-state index contributed by atoms with van der Waals surface area (Å²) in [6.45, 7) is 15.6. The third-order valence-electron chi connectivity index (χ3n) is 3.67. The van der Waals surface area contributed by atoms with Crippen LogP contribution < -0.4 is 0 Å². The van der Waals surface area contributed by atoms with E-state index >= 15 is 0 Å². The van der Waals surface area contributed by atoms with Gasteiger partial charge in [-0.1, -0.05) is 26.8 Å². The van der Waals surface area contributed by atoms with Crippen LogP contribution in [0.2, 0.25) is 18.1 Å². The molecule has 1 N–H and O–H groups in total. The Kier molecular flexibility index (Phi) is 7.29. The molecular formula is C14H30O2Si. The average molecular weight is 258 g/mol. The lowest BCUT2D eigenvalue weighted by Gasteiger charge is -2.36. The molecule has 0 spiro atoms. The molecule has 0 aromatic heterocycles. The van der Waals surface area contributed by atoms with E-state index in [1.54, 1.807) is 0 Å². The average Bonchev–Trinajstić information content (AvgIpc) is 2.16. The minimum Gasteiger partial charge on any atom is -0.417 e. The highest BCUT2D eigenvalue weighted by Gasteiger charge is 2.36. The van der Waals surface area contributed by atoms with Gasteiger partial charge in [0.25, 0.3) is 0 Å². The monoisotopic (exact) mass is 258 g/mol. The Morgan fingerprint density at radius 1 is 1.29 bits per heavy atom. The molecule has 0 radical (unpaired) electrons. The van der Waals surface area contributed by atoms with Crippen LogP contribution in [-0.4, -0.2) is 26.1 Å². The molecular weight excluding hydrogens is 228 g/mol. The van der Waals surface area contributed by atoms with Gasteiger partial charge >= 0.3 is 0 Å². The molecule has 0 saturated heterocycles. The van der Waals surface area contributed by atoms with Crippen molar-refractivity contribution < 1.29 is 9.53 Å². The van der Waals surface area contributed by atoms with Crippen LogP contribution in [0, 0.1) is 0 Å². The molecule has 0 fully saturated rings. The van der Waals surface area contributed by atoms with Gasteiger partial charge in [0.2, 0.25) is 0 Å². The summed E-state index contributed by atoms with van der Waals surface area (Å²) in [5.41, 5.74) is 0. The molecule has 17 heavy (non-hydrogen) atoms. The van der Waals surface area contributed by atoms with Gasteiger partial charge < -0.3 is 9.53 Å². The van der Waals surface area contributed by atoms with Gasteiger partial charge in [-0.25, -0.2) is 0 Å². The lowest BCUT2D eigenvalue weighted by atomic mass is 10.1. The minimum absolute atomic E-state index is 0.222. The number of hydrogen-bond acceptors (Lipinski definition) is 2. The maximum absolute atomic E-state index is 9.78. The van der Waals surface area contributed by atoms with Crippen LogP contribution in [-0.2, 0) is 4.43 Å². The SMILES string of the molecule is C=CCCC[C@@H](O)CCO[Si](C)(C)C(C)(C)C. The second-order valence-corrected chi connectivity index (χ2v) is 11.1. The smallest absolute Gasteiger partial charge is 0.191 e. The first-order valence-electron chi connectivity index (χ1n) is 6.63. The highest BCUT2D eigenvalue weighted by molar-refractivity contribution is 6.74. The highest BCUT2D eigenvalue weighted by Crippen LogP contribution is 2.36. The van der Waals surface area contributed by atoms with E-state index < -0.39 is 8.32 Å². The number of hydrogen-bond donors (Lipinski definition) is 1. The fourth-order valence-corrected chi connectivity index (χ4v) is 2.37. The summed E-state index contributed by atoms with van der Waals surface area (Å²) >= 11 is 0. The van der Waals surface area contributed by atoms with Crippen molar-refractivity contribution in [2.75, 3.05) is 6.61 Å². The number of aliphatic hydroxyl groups is 1. The van der Waals surface area contributed by atoms with E-state index in [4.69, 9.17) is 4.43 Å². The third kappa shape index (κ3) is 7.01. The summed E-state index contributed by atoms with van der Waals surface area (Å²) in [5, 5.41) is 10.0. The molecule has 0 amide bonds. The largest absolute Gasteiger partial charge is 0.417 e. The molecule has 0 aliphatic rings. The molecule has 0 heterocycles. The first-order chi connectivity index (χ1) is 7.70. The van der Waals surface area contributed by atoms with Crippen LogP contribution in [0.3, 0.4) is 0 Å². The molecule has 0 aromatic rings. The van der Waals surface area contributed by atoms with Crippen molar-refractivity contribution in [1.82, 2.24) is 0 Å². The minimum atomic E-state index is -1.64. The molecule has 0 aromatic carbocycles. The van der Waals surface area contributed by atoms with Crippen LogP contribution in [0.25, 0.3) is 0 Å². The molecule has 0 unspecified atom stereocenters. The number of allylic oxidation sites excluding steroid dienone is 1. The van der Waals surface area contributed by atoms with E-state index in [0.29, 0.717) is 6.61 Å². The van der Waals surface area contributed by atoms with E-state index in [-0.39, 0.29) is 11.1 Å². The summed E-state index contributed by atoms with van der Waals surface area (Å²) in [5.74, 6) is 0.